The van der Waals surface area contributed by atoms with E-state index in [0.29, 0.717) is 0 Å². The number of aromatic nitrogens is 2. The van der Waals surface area contributed by atoms with Crippen LogP contribution in [-0.4, -0.2) is 28.0 Å². The van der Waals surface area contributed by atoms with Crippen LogP contribution in [0.4, 0.5) is 0 Å². The number of unbranched alkanes of at least 4 members (excludes halogenated alkanes) is 1. The highest BCUT2D eigenvalue weighted by Crippen LogP contribution is 1.94. The number of carbonyl (C=O) groups excluding carboxylic acids is 1. The lowest BCUT2D eigenvalue weighted by Gasteiger charge is -2.09. The van der Waals surface area contributed by atoms with Crippen molar-refractivity contribution >= 4 is 5.91 Å². The van der Waals surface area contributed by atoms with Crippen LogP contribution in [0.3, 0.4) is 0 Å². The van der Waals surface area contributed by atoms with Crippen LogP contribution in [0.25, 0.3) is 0 Å². The Morgan fingerprint density at radius 3 is 3.00 bits per heavy atom. The highest BCUT2D eigenvalue weighted by Gasteiger charge is 2.05. The predicted molar refractivity (Wildman–Crippen MR) is 58.1 cm³/mol. The molecule has 0 bridgehead atoms. The summed E-state index contributed by atoms with van der Waals surface area (Å²) < 4.78 is 2.04. The number of hydrogen-bond acceptors (Lipinski definition) is 3. The Morgan fingerprint density at radius 2 is 2.40 bits per heavy atom. The van der Waals surface area contributed by atoms with Crippen LogP contribution in [0.15, 0.2) is 18.7 Å². The molecule has 0 fully saturated rings. The smallest absolute Gasteiger partial charge is 0.234 e. The van der Waals surface area contributed by atoms with Crippen LogP contribution < -0.4 is 11.1 Å². The molecule has 3 N–H and O–H groups in total. The second kappa shape index (κ2) is 6.19. The molecule has 1 heterocycles. The molecule has 1 aromatic heterocycles. The van der Waals surface area contributed by atoms with Gasteiger partial charge in [-0.05, 0) is 26.3 Å². The van der Waals surface area contributed by atoms with Crippen molar-refractivity contribution in [2.45, 2.75) is 32.4 Å². The molecule has 0 aliphatic carbocycles. The molecule has 0 radical (unpaired) electrons. The van der Waals surface area contributed by atoms with E-state index in [9.17, 15) is 4.79 Å². The highest BCUT2D eigenvalue weighted by atomic mass is 16.1. The number of amides is 1. The Hall–Kier alpha value is -1.36. The number of rotatable bonds is 7. The fourth-order valence-corrected chi connectivity index (χ4v) is 1.26. The molecule has 0 aliphatic rings. The first-order valence-electron chi connectivity index (χ1n) is 5.18. The van der Waals surface area contributed by atoms with Gasteiger partial charge in [0.25, 0.3) is 0 Å². The molecule has 1 aromatic rings. The summed E-state index contributed by atoms with van der Waals surface area (Å²) in [5.41, 5.74) is 5.11. The maximum absolute atomic E-state index is 10.7. The van der Waals surface area contributed by atoms with Gasteiger partial charge in [0.1, 0.15) is 0 Å². The summed E-state index contributed by atoms with van der Waals surface area (Å²) in [5.74, 6) is -0.301. The number of primary amides is 1. The number of carbonyl (C=O) groups is 1. The van der Waals surface area contributed by atoms with E-state index >= 15 is 0 Å². The standard InChI is InChI=1S/C10H18N4O/c1-9(10(11)15)13-4-2-3-6-14-7-5-12-8-14/h5,7-9,13H,2-4,6H2,1H3,(H2,11,15). The lowest BCUT2D eigenvalue weighted by molar-refractivity contribution is -0.119. The Morgan fingerprint density at radius 1 is 1.60 bits per heavy atom. The summed E-state index contributed by atoms with van der Waals surface area (Å²) >= 11 is 0. The number of nitrogens with one attached hydrogen (secondary N) is 1. The van der Waals surface area contributed by atoms with E-state index in [-0.39, 0.29) is 11.9 Å². The van der Waals surface area contributed by atoms with Crippen LogP contribution in [0, 0.1) is 0 Å². The van der Waals surface area contributed by atoms with Crippen LogP contribution >= 0.6 is 0 Å². The van der Waals surface area contributed by atoms with Crippen molar-refractivity contribution in [3.8, 4) is 0 Å². The van der Waals surface area contributed by atoms with Gasteiger partial charge in [-0.15, -0.1) is 0 Å². The van der Waals surface area contributed by atoms with Gasteiger partial charge in [0.2, 0.25) is 5.91 Å². The molecule has 84 valence electrons. The second-order valence-corrected chi connectivity index (χ2v) is 3.59. The molecule has 1 rings (SSSR count). The lowest BCUT2D eigenvalue weighted by Crippen LogP contribution is -2.39. The van der Waals surface area contributed by atoms with E-state index in [1.165, 1.54) is 0 Å². The minimum atomic E-state index is -0.301. The highest BCUT2D eigenvalue weighted by molar-refractivity contribution is 5.79. The Balaban J connectivity index is 2.00. The minimum absolute atomic E-state index is 0.238. The largest absolute Gasteiger partial charge is 0.368 e. The van der Waals surface area contributed by atoms with E-state index in [0.717, 1.165) is 25.9 Å². The topological polar surface area (TPSA) is 72.9 Å². The van der Waals surface area contributed by atoms with Gasteiger partial charge in [-0.25, -0.2) is 4.98 Å². The number of aryl methyl sites for hydroxylation is 1. The number of imidazole rings is 1. The molecular formula is C10H18N4O. The molecule has 15 heavy (non-hydrogen) atoms. The number of nitrogens with two attached hydrogens (primary N) is 1. The zero-order valence-corrected chi connectivity index (χ0v) is 9.02. The average molecular weight is 210 g/mol. The first-order chi connectivity index (χ1) is 7.20. The van der Waals surface area contributed by atoms with E-state index in [2.05, 4.69) is 10.3 Å². The molecule has 0 aromatic carbocycles. The minimum Gasteiger partial charge on any atom is -0.368 e. The van der Waals surface area contributed by atoms with Crippen molar-refractivity contribution in [1.29, 1.82) is 0 Å². The molecule has 0 aliphatic heterocycles. The first-order valence-corrected chi connectivity index (χ1v) is 5.18. The summed E-state index contributed by atoms with van der Waals surface area (Å²) in [6.45, 7) is 3.56. The maximum Gasteiger partial charge on any atom is 0.234 e. The fraction of sp³-hybridized carbons (Fsp3) is 0.600. The fourth-order valence-electron chi connectivity index (χ4n) is 1.26. The molecular weight excluding hydrogens is 192 g/mol. The molecule has 0 spiro atoms. The Kier molecular flexibility index (Phi) is 4.83. The molecule has 5 nitrogen and oxygen atoms in total. The van der Waals surface area contributed by atoms with Crippen molar-refractivity contribution in [3.63, 3.8) is 0 Å². The molecule has 0 saturated heterocycles. The van der Waals surface area contributed by atoms with Crippen molar-refractivity contribution < 1.29 is 4.79 Å². The van der Waals surface area contributed by atoms with E-state index in [4.69, 9.17) is 5.73 Å². The van der Waals surface area contributed by atoms with Crippen molar-refractivity contribution in [1.82, 2.24) is 14.9 Å². The van der Waals surface area contributed by atoms with E-state index < -0.39 is 0 Å². The van der Waals surface area contributed by atoms with E-state index in [1.54, 1.807) is 19.4 Å². The van der Waals surface area contributed by atoms with Gasteiger partial charge in [0.05, 0.1) is 12.4 Å². The molecule has 5 heteroatoms. The lowest BCUT2D eigenvalue weighted by atomic mass is 10.2. The van der Waals surface area contributed by atoms with E-state index in [1.807, 2.05) is 10.8 Å². The molecule has 1 unspecified atom stereocenters. The Labute approximate surface area is 89.7 Å². The summed E-state index contributed by atoms with van der Waals surface area (Å²) in [4.78, 5) is 14.7. The van der Waals surface area contributed by atoms with Crippen LogP contribution in [-0.2, 0) is 11.3 Å². The SMILES string of the molecule is CC(NCCCCn1ccnc1)C(N)=O. The van der Waals surface area contributed by atoms with Crippen LogP contribution in [0.5, 0.6) is 0 Å². The first kappa shape index (κ1) is 11.7. The maximum atomic E-state index is 10.7. The third-order valence-electron chi connectivity index (χ3n) is 2.28. The van der Waals surface area contributed by atoms with Gasteiger partial charge in [0.15, 0.2) is 0 Å². The number of nitrogens with zero attached hydrogens (tertiary/aromatic N) is 2. The number of hydrogen-bond donors (Lipinski definition) is 2. The van der Waals surface area contributed by atoms with Crippen molar-refractivity contribution in [2.24, 2.45) is 5.73 Å². The summed E-state index contributed by atoms with van der Waals surface area (Å²) in [7, 11) is 0. The summed E-state index contributed by atoms with van der Waals surface area (Å²) in [6.07, 6.45) is 7.61. The third kappa shape index (κ3) is 4.60. The third-order valence-corrected chi connectivity index (χ3v) is 2.28. The van der Waals surface area contributed by atoms with Crippen LogP contribution in [0.1, 0.15) is 19.8 Å². The van der Waals surface area contributed by atoms with Crippen LogP contribution in [0.2, 0.25) is 0 Å². The van der Waals surface area contributed by atoms with Crippen molar-refractivity contribution in [2.75, 3.05) is 6.54 Å². The second-order valence-electron chi connectivity index (χ2n) is 3.59. The van der Waals surface area contributed by atoms with Gasteiger partial charge in [-0.2, -0.15) is 0 Å². The van der Waals surface area contributed by atoms with Gasteiger partial charge in [-0.1, -0.05) is 0 Å². The summed E-state index contributed by atoms with van der Waals surface area (Å²) in [5, 5.41) is 3.06. The monoisotopic (exact) mass is 210 g/mol. The normalized spacial score (nSPS) is 12.6. The molecule has 1 amide bonds. The zero-order chi connectivity index (χ0) is 11.1. The Bertz CT molecular complexity index is 284. The van der Waals surface area contributed by atoms with Gasteiger partial charge >= 0.3 is 0 Å². The molecule has 1 atom stereocenters. The summed E-state index contributed by atoms with van der Waals surface area (Å²) in [6, 6.07) is -0.238. The zero-order valence-electron chi connectivity index (χ0n) is 9.02. The van der Waals surface area contributed by atoms with Gasteiger partial charge in [0, 0.05) is 18.9 Å². The quantitative estimate of drug-likeness (QED) is 0.628. The van der Waals surface area contributed by atoms with Gasteiger partial charge < -0.3 is 15.6 Å². The van der Waals surface area contributed by atoms with Crippen molar-refractivity contribution in [3.05, 3.63) is 18.7 Å². The average Bonchev–Trinajstić information content (AvgIpc) is 2.69. The van der Waals surface area contributed by atoms with Gasteiger partial charge in [-0.3, -0.25) is 4.79 Å². The predicted octanol–water partition coefficient (Wildman–Crippen LogP) is 0.127. The molecule has 0 saturated carbocycles.